The van der Waals surface area contributed by atoms with E-state index in [-0.39, 0.29) is 6.04 Å². The smallest absolute Gasteiger partial charge is 0.323 e. The van der Waals surface area contributed by atoms with Crippen LogP contribution >= 0.6 is 0 Å². The van der Waals surface area contributed by atoms with Crippen molar-refractivity contribution < 1.29 is 9.90 Å². The van der Waals surface area contributed by atoms with Crippen molar-refractivity contribution in [1.29, 1.82) is 0 Å². The zero-order valence-electron chi connectivity index (χ0n) is 12.9. The Hall–Kier alpha value is -0.610. The van der Waals surface area contributed by atoms with Crippen molar-refractivity contribution in [2.75, 3.05) is 13.6 Å². The van der Waals surface area contributed by atoms with Gasteiger partial charge in [-0.1, -0.05) is 20.8 Å². The summed E-state index contributed by atoms with van der Waals surface area (Å²) in [6, 6.07) is 0.669. The number of carboxylic acids is 1. The molecule has 0 heterocycles. The molecule has 0 aliphatic rings. The van der Waals surface area contributed by atoms with Crippen molar-refractivity contribution >= 4 is 5.97 Å². The van der Waals surface area contributed by atoms with Gasteiger partial charge >= 0.3 is 5.97 Å². The molecule has 4 nitrogen and oxygen atoms in total. The number of aliphatic carboxylic acids is 1. The summed E-state index contributed by atoms with van der Waals surface area (Å²) in [4.78, 5) is 13.7. The lowest BCUT2D eigenvalue weighted by molar-refractivity contribution is -0.145. The molecule has 0 aromatic rings. The first-order chi connectivity index (χ1) is 8.15. The van der Waals surface area contributed by atoms with Crippen molar-refractivity contribution in [3.05, 3.63) is 0 Å². The van der Waals surface area contributed by atoms with E-state index >= 15 is 0 Å². The van der Waals surface area contributed by atoms with Gasteiger partial charge in [-0.2, -0.15) is 0 Å². The molecule has 3 atom stereocenters. The molecule has 0 amide bonds. The SMILES string of the molecule is CCNC(C)(CC(C)N(C)C(C)C(C)C)C(=O)O. The number of likely N-dealkylation sites (N-methyl/N-ethyl adjacent to an activating group) is 1. The van der Waals surface area contributed by atoms with Gasteiger partial charge in [0.2, 0.25) is 0 Å². The maximum Gasteiger partial charge on any atom is 0.323 e. The lowest BCUT2D eigenvalue weighted by Gasteiger charge is -2.37. The summed E-state index contributed by atoms with van der Waals surface area (Å²) in [5, 5.41) is 12.4. The van der Waals surface area contributed by atoms with Gasteiger partial charge in [0.15, 0.2) is 0 Å². The Kier molecular flexibility index (Phi) is 6.86. The second kappa shape index (κ2) is 7.10. The zero-order chi connectivity index (χ0) is 14.5. The molecule has 0 fully saturated rings. The molecule has 0 saturated carbocycles. The minimum atomic E-state index is -0.848. The van der Waals surface area contributed by atoms with Crippen LogP contribution in [-0.4, -0.2) is 47.2 Å². The van der Waals surface area contributed by atoms with Gasteiger partial charge in [-0.3, -0.25) is 4.79 Å². The molecule has 0 radical (unpaired) electrons. The van der Waals surface area contributed by atoms with Crippen LogP contribution in [0.4, 0.5) is 0 Å². The van der Waals surface area contributed by atoms with Crippen LogP contribution in [0, 0.1) is 5.92 Å². The first-order valence-corrected chi connectivity index (χ1v) is 6.86. The zero-order valence-corrected chi connectivity index (χ0v) is 12.9. The van der Waals surface area contributed by atoms with Gasteiger partial charge in [0.1, 0.15) is 5.54 Å². The average Bonchev–Trinajstić information content (AvgIpc) is 2.26. The van der Waals surface area contributed by atoms with Crippen LogP contribution in [0.3, 0.4) is 0 Å². The highest BCUT2D eigenvalue weighted by molar-refractivity contribution is 5.78. The molecule has 0 aliphatic carbocycles. The molecule has 0 saturated heterocycles. The monoisotopic (exact) mass is 258 g/mol. The van der Waals surface area contributed by atoms with Gasteiger partial charge < -0.3 is 15.3 Å². The lowest BCUT2D eigenvalue weighted by atomic mass is 9.91. The van der Waals surface area contributed by atoms with E-state index in [1.165, 1.54) is 0 Å². The van der Waals surface area contributed by atoms with Crippen LogP contribution in [0.25, 0.3) is 0 Å². The van der Waals surface area contributed by atoms with Gasteiger partial charge in [-0.05, 0) is 46.7 Å². The van der Waals surface area contributed by atoms with Crippen LogP contribution in [0.15, 0.2) is 0 Å². The van der Waals surface area contributed by atoms with E-state index < -0.39 is 11.5 Å². The molecular formula is C14H30N2O2. The fourth-order valence-electron chi connectivity index (χ4n) is 2.23. The van der Waals surface area contributed by atoms with E-state index in [2.05, 4.69) is 45.0 Å². The van der Waals surface area contributed by atoms with Crippen LogP contribution in [-0.2, 0) is 4.79 Å². The number of nitrogens with zero attached hydrogens (tertiary/aromatic N) is 1. The Balaban J connectivity index is 4.70. The van der Waals surface area contributed by atoms with Crippen molar-refractivity contribution in [3.8, 4) is 0 Å². The third kappa shape index (κ3) is 4.58. The van der Waals surface area contributed by atoms with E-state index in [1.807, 2.05) is 6.92 Å². The van der Waals surface area contributed by atoms with E-state index in [0.717, 1.165) is 0 Å². The molecule has 4 heteroatoms. The molecule has 108 valence electrons. The average molecular weight is 258 g/mol. The van der Waals surface area contributed by atoms with Gasteiger partial charge in [0.05, 0.1) is 0 Å². The van der Waals surface area contributed by atoms with E-state index in [4.69, 9.17) is 0 Å². The number of hydrogen-bond donors (Lipinski definition) is 2. The topological polar surface area (TPSA) is 52.6 Å². The Bertz CT molecular complexity index is 269. The van der Waals surface area contributed by atoms with Crippen molar-refractivity contribution in [2.45, 2.75) is 65.6 Å². The second-order valence-corrected chi connectivity index (χ2v) is 5.87. The molecule has 0 rings (SSSR count). The summed E-state index contributed by atoms with van der Waals surface area (Å²) in [6.07, 6.45) is 0.601. The number of rotatable bonds is 8. The molecule has 0 aliphatic heterocycles. The van der Waals surface area contributed by atoms with E-state index in [0.29, 0.717) is 24.9 Å². The third-order valence-corrected chi connectivity index (χ3v) is 4.05. The van der Waals surface area contributed by atoms with E-state index in [9.17, 15) is 9.90 Å². The highest BCUT2D eigenvalue weighted by Gasteiger charge is 2.35. The van der Waals surface area contributed by atoms with Gasteiger partial charge in [-0.15, -0.1) is 0 Å². The van der Waals surface area contributed by atoms with Crippen LogP contribution in [0.1, 0.15) is 48.0 Å². The first kappa shape index (κ1) is 17.4. The second-order valence-electron chi connectivity index (χ2n) is 5.87. The summed E-state index contributed by atoms with van der Waals surface area (Å²) in [5.41, 5.74) is -0.848. The molecule has 3 unspecified atom stereocenters. The minimum Gasteiger partial charge on any atom is -0.480 e. The summed E-state index contributed by atoms with van der Waals surface area (Å²) in [6.45, 7) is 13.0. The van der Waals surface area contributed by atoms with E-state index in [1.54, 1.807) is 6.92 Å². The lowest BCUT2D eigenvalue weighted by Crippen LogP contribution is -2.54. The molecule has 0 aromatic carbocycles. The minimum absolute atomic E-state index is 0.225. The summed E-state index contributed by atoms with van der Waals surface area (Å²) in [7, 11) is 2.07. The highest BCUT2D eigenvalue weighted by Crippen LogP contribution is 2.20. The largest absolute Gasteiger partial charge is 0.480 e. The predicted octanol–water partition coefficient (Wildman–Crippen LogP) is 2.19. The number of hydrogen-bond acceptors (Lipinski definition) is 3. The maximum absolute atomic E-state index is 11.4. The highest BCUT2D eigenvalue weighted by atomic mass is 16.4. The standard InChI is InChI=1S/C14H30N2O2/c1-8-15-14(6,13(17)18)9-11(4)16(7)12(5)10(2)3/h10-12,15H,8-9H2,1-7H3,(H,17,18). The quantitative estimate of drug-likeness (QED) is 0.701. The number of nitrogens with one attached hydrogen (secondary N) is 1. The maximum atomic E-state index is 11.4. The molecule has 2 N–H and O–H groups in total. The number of carbonyl (C=O) groups is 1. The Morgan fingerprint density at radius 3 is 2.17 bits per heavy atom. The Morgan fingerprint density at radius 2 is 1.83 bits per heavy atom. The molecular weight excluding hydrogens is 228 g/mol. The first-order valence-electron chi connectivity index (χ1n) is 6.86. The third-order valence-electron chi connectivity index (χ3n) is 4.05. The number of carboxylic acid groups (broad SMARTS) is 1. The normalized spacial score (nSPS) is 18.7. The van der Waals surface area contributed by atoms with Gasteiger partial charge in [0, 0.05) is 12.1 Å². The fraction of sp³-hybridized carbons (Fsp3) is 0.929. The Labute approximate surface area is 112 Å². The molecule has 18 heavy (non-hydrogen) atoms. The van der Waals surface area contributed by atoms with Crippen LogP contribution in [0.5, 0.6) is 0 Å². The summed E-state index contributed by atoms with van der Waals surface area (Å²) < 4.78 is 0. The van der Waals surface area contributed by atoms with Crippen LogP contribution in [0.2, 0.25) is 0 Å². The van der Waals surface area contributed by atoms with Crippen molar-refractivity contribution in [2.24, 2.45) is 5.92 Å². The summed E-state index contributed by atoms with van der Waals surface area (Å²) >= 11 is 0. The van der Waals surface area contributed by atoms with Gasteiger partial charge in [0.25, 0.3) is 0 Å². The molecule has 0 spiro atoms. The summed E-state index contributed by atoms with van der Waals surface area (Å²) in [5.74, 6) is -0.213. The predicted molar refractivity (Wildman–Crippen MR) is 75.9 cm³/mol. The molecule has 0 bridgehead atoms. The van der Waals surface area contributed by atoms with Crippen molar-refractivity contribution in [1.82, 2.24) is 10.2 Å². The van der Waals surface area contributed by atoms with Gasteiger partial charge in [-0.25, -0.2) is 0 Å². The fourth-order valence-corrected chi connectivity index (χ4v) is 2.23. The molecule has 0 aromatic heterocycles. The Morgan fingerprint density at radius 1 is 1.33 bits per heavy atom. The van der Waals surface area contributed by atoms with Crippen molar-refractivity contribution in [3.63, 3.8) is 0 Å². The van der Waals surface area contributed by atoms with Crippen LogP contribution < -0.4 is 5.32 Å².